The van der Waals surface area contributed by atoms with Gasteiger partial charge >= 0.3 is 56.5 Å². The second kappa shape index (κ2) is 35.8. The van der Waals surface area contributed by atoms with Crippen LogP contribution in [0.3, 0.4) is 0 Å². The molecule has 0 amide bonds. The van der Waals surface area contributed by atoms with E-state index >= 15 is 0 Å². The molecule has 0 atom stereocenters. The number of benzene rings is 5. The van der Waals surface area contributed by atoms with Gasteiger partial charge in [0.1, 0.15) is 0 Å². The van der Waals surface area contributed by atoms with Crippen molar-refractivity contribution in [3.05, 3.63) is 185 Å². The molecule has 5 nitrogen and oxygen atoms in total. The fourth-order valence-corrected chi connectivity index (χ4v) is 7.15. The molecule has 0 heterocycles. The van der Waals surface area contributed by atoms with Gasteiger partial charge in [0, 0.05) is 38.1 Å². The summed E-state index contributed by atoms with van der Waals surface area (Å²) >= 11 is 0. The van der Waals surface area contributed by atoms with E-state index in [1.807, 2.05) is 0 Å². The molecule has 5 rings (SSSR count). The van der Waals surface area contributed by atoms with Gasteiger partial charge in [0.25, 0.3) is 0 Å². The Morgan fingerprint density at radius 2 is 0.523 bits per heavy atom. The maximum Gasteiger partial charge on any atom is 0.154 e. The molecule has 9 heteroatoms. The first-order valence-electron chi connectivity index (χ1n) is 11.8. The zero-order valence-electron chi connectivity index (χ0n) is 23.1. The van der Waals surface area contributed by atoms with Gasteiger partial charge in [0.2, 0.25) is 0 Å². The molecule has 0 unspecified atom stereocenters. The Hall–Kier alpha value is -3.35. The van der Waals surface area contributed by atoms with E-state index in [-0.39, 0.29) is 38.1 Å². The molecule has 0 bridgehead atoms. The van der Waals surface area contributed by atoms with E-state index in [0.717, 1.165) is 8.58 Å². The predicted octanol–water partition coefficient (Wildman–Crippen LogP) is 4.33. The van der Waals surface area contributed by atoms with Crippen molar-refractivity contribution < 1.29 is 61.4 Å². The van der Waals surface area contributed by atoms with Crippen molar-refractivity contribution >= 4 is 43.5 Å². The first-order chi connectivity index (χ1) is 20.9. The molecule has 0 spiro atoms. The zero-order chi connectivity index (χ0) is 31.8. The molecule has 0 aliphatic carbocycles. The van der Waals surface area contributed by atoms with E-state index in [4.69, 9.17) is 23.3 Å². The number of hydrogen-bond donors (Lipinski definition) is 0. The third-order valence-corrected chi connectivity index (χ3v) is 9.00. The predicted molar refractivity (Wildman–Crippen MR) is 164 cm³/mol. The Balaban J connectivity index is -0.000000282. The smallest absolute Gasteiger partial charge is 0.0624 e. The molecular weight excluding hydrogens is 810 g/mol. The van der Waals surface area contributed by atoms with Crippen LogP contribution < -0.4 is 26.2 Å². The van der Waals surface area contributed by atoms with Gasteiger partial charge in [-0.2, -0.15) is 0 Å². The maximum absolute atomic E-state index is 7.50. The van der Waals surface area contributed by atoms with Crippen LogP contribution >= 0.6 is 8.58 Å². The minimum absolute atomic E-state index is 0. The fourth-order valence-electron chi connectivity index (χ4n) is 3.52. The van der Waals surface area contributed by atoms with Crippen molar-refractivity contribution in [2.75, 3.05) is 0 Å². The summed E-state index contributed by atoms with van der Waals surface area (Å²) in [4.78, 5) is 0. The second-order valence-corrected chi connectivity index (χ2v) is 11.2. The van der Waals surface area contributed by atoms with Crippen molar-refractivity contribution in [1.29, 1.82) is 0 Å². The molecule has 44 heavy (non-hydrogen) atoms. The molecule has 0 saturated heterocycles. The molecule has 223 valence electrons. The molecule has 0 aliphatic heterocycles. The normalized spacial score (nSPS) is 7.70. The zero-order valence-corrected chi connectivity index (χ0v) is 28.5. The van der Waals surface area contributed by atoms with Gasteiger partial charge < -0.3 is 0 Å². The third-order valence-electron chi connectivity index (χ3n) is 5.02. The maximum atomic E-state index is 7.50. The SMILES string of the molecule is [C-]#[O+].[C-]#[O+].[C-]#[O+].[C-]#[O+].[C-]#[O+].[Fe].[Pt].c1ccc(Pc2ccccc2)cc1.c1ccc([Si](c2ccccc2)c2ccccc2)cc1. The standard InChI is InChI=1S/C18H15Si.C12H11P.5CO.Fe.Pt/c1-4-10-16(11-5-1)19(17-12-6-2-7-13-17)18-14-8-3-9-15-18;1-3-7-11(8-4-1)13-12-9-5-2-6-10-12;5*1-2;;/h1-15H;1-10,13H;;;;;;;. The molecule has 0 saturated carbocycles. The Labute approximate surface area is 288 Å². The monoisotopic (exact) mass is 836 g/mol. The van der Waals surface area contributed by atoms with Crippen LogP contribution in [0.4, 0.5) is 0 Å². The van der Waals surface area contributed by atoms with E-state index in [1.165, 1.54) is 26.2 Å². The van der Waals surface area contributed by atoms with Crippen LogP contribution in [-0.2, 0) is 61.4 Å². The van der Waals surface area contributed by atoms with E-state index in [0.29, 0.717) is 0 Å². The van der Waals surface area contributed by atoms with Crippen LogP contribution in [0.25, 0.3) is 0 Å². The average molecular weight is 837 g/mol. The summed E-state index contributed by atoms with van der Waals surface area (Å²) in [6, 6.07) is 53.6. The van der Waals surface area contributed by atoms with Crippen molar-refractivity contribution in [2.24, 2.45) is 0 Å². The molecule has 5 aromatic carbocycles. The fraction of sp³-hybridized carbons (Fsp3) is 0. The van der Waals surface area contributed by atoms with Crippen LogP contribution in [0.1, 0.15) is 0 Å². The molecule has 0 aliphatic rings. The Bertz CT molecular complexity index is 1250. The van der Waals surface area contributed by atoms with Crippen LogP contribution in [0.2, 0.25) is 0 Å². The van der Waals surface area contributed by atoms with Gasteiger partial charge in [-0.3, -0.25) is 0 Å². The molecule has 0 fully saturated rings. The Morgan fingerprint density at radius 3 is 0.727 bits per heavy atom. The van der Waals surface area contributed by atoms with Gasteiger partial charge in [-0.25, -0.2) is 0 Å². The summed E-state index contributed by atoms with van der Waals surface area (Å²) in [6.07, 6.45) is 0. The van der Waals surface area contributed by atoms with Crippen LogP contribution in [-0.4, -0.2) is 8.80 Å². The number of hydrogen-bond acceptors (Lipinski definition) is 0. The molecule has 5 aromatic rings. The molecule has 0 aromatic heterocycles. The quantitative estimate of drug-likeness (QED) is 0.0830. The Kier molecular flexibility index (Phi) is 38.8. The summed E-state index contributed by atoms with van der Waals surface area (Å²) in [7, 11) is -0.101. The van der Waals surface area contributed by atoms with Crippen molar-refractivity contribution in [1.82, 2.24) is 0 Å². The largest absolute Gasteiger partial charge is 0.154 e. The van der Waals surface area contributed by atoms with Crippen molar-refractivity contribution in [3.8, 4) is 0 Å². The summed E-state index contributed by atoms with van der Waals surface area (Å²) in [6.45, 7) is 22.5. The second-order valence-electron chi connectivity index (χ2n) is 7.33. The molecule has 0 N–H and O–H groups in total. The summed E-state index contributed by atoms with van der Waals surface area (Å²) in [5, 5.41) is 7.10. The average Bonchev–Trinajstić information content (AvgIpc) is 3.12. The summed E-state index contributed by atoms with van der Waals surface area (Å²) in [5.41, 5.74) is 0. The Morgan fingerprint density at radius 1 is 0.341 bits per heavy atom. The third kappa shape index (κ3) is 19.8. The van der Waals surface area contributed by atoms with Crippen LogP contribution in [0.5, 0.6) is 0 Å². The van der Waals surface area contributed by atoms with Gasteiger partial charge in [0.05, 0.1) is 0 Å². The van der Waals surface area contributed by atoms with E-state index in [1.54, 1.807) is 0 Å². The van der Waals surface area contributed by atoms with Crippen molar-refractivity contribution in [2.45, 2.75) is 0 Å². The summed E-state index contributed by atoms with van der Waals surface area (Å²) < 4.78 is 37.5. The van der Waals surface area contributed by atoms with E-state index in [9.17, 15) is 0 Å². The minimum atomic E-state index is -0.877. The van der Waals surface area contributed by atoms with E-state index < -0.39 is 8.80 Å². The van der Waals surface area contributed by atoms with Gasteiger partial charge in [-0.1, -0.05) is 176 Å². The van der Waals surface area contributed by atoms with E-state index in [2.05, 4.69) is 185 Å². The topological polar surface area (TPSA) is 99.5 Å². The molecular formula is C35H26FeO5PPtSi. The minimum Gasteiger partial charge on any atom is -0.0624 e. The van der Waals surface area contributed by atoms with Gasteiger partial charge in [-0.15, -0.1) is 0 Å². The first-order valence-corrected chi connectivity index (χ1v) is 14.3. The van der Waals surface area contributed by atoms with Gasteiger partial charge in [0.15, 0.2) is 8.80 Å². The first kappa shape index (κ1) is 47.6. The number of rotatable bonds is 5. The summed E-state index contributed by atoms with van der Waals surface area (Å²) in [5.74, 6) is 0. The van der Waals surface area contributed by atoms with Crippen LogP contribution in [0.15, 0.2) is 152 Å². The van der Waals surface area contributed by atoms with Crippen LogP contribution in [0, 0.1) is 33.3 Å². The van der Waals surface area contributed by atoms with Gasteiger partial charge in [-0.05, 0) is 10.6 Å². The molecule has 1 radical (unpaired) electrons. The van der Waals surface area contributed by atoms with Crippen molar-refractivity contribution in [3.63, 3.8) is 0 Å².